The molecule has 1 aliphatic heterocycles. The smallest absolute Gasteiger partial charge is 0.243 e. The van der Waals surface area contributed by atoms with Crippen LogP contribution >= 0.6 is 11.8 Å². The van der Waals surface area contributed by atoms with Crippen molar-refractivity contribution in [2.24, 2.45) is 0 Å². The van der Waals surface area contributed by atoms with E-state index in [4.69, 9.17) is 0 Å². The van der Waals surface area contributed by atoms with Crippen molar-refractivity contribution in [3.63, 3.8) is 0 Å². The number of hydrogen-bond acceptors (Lipinski definition) is 4. The number of hydrogen-bond donors (Lipinski definition) is 1. The summed E-state index contributed by atoms with van der Waals surface area (Å²) in [5, 5.41) is 3.15. The summed E-state index contributed by atoms with van der Waals surface area (Å²) >= 11 is 1.80. The summed E-state index contributed by atoms with van der Waals surface area (Å²) in [5.74, 6) is 1.77. The van der Waals surface area contributed by atoms with Crippen LogP contribution in [0.4, 0.5) is 5.69 Å². The van der Waals surface area contributed by atoms with Crippen molar-refractivity contribution < 1.29 is 8.42 Å². The minimum Gasteiger partial charge on any atom is -0.385 e. The Hall–Kier alpha value is -0.720. The van der Waals surface area contributed by atoms with E-state index in [1.807, 2.05) is 19.1 Å². The Balaban J connectivity index is 2.18. The van der Waals surface area contributed by atoms with Crippen molar-refractivity contribution >= 4 is 27.5 Å². The fourth-order valence-corrected chi connectivity index (χ4v) is 4.46. The Kier molecular flexibility index (Phi) is 4.53. The first-order chi connectivity index (χ1) is 8.64. The van der Waals surface area contributed by atoms with Crippen LogP contribution in [0.5, 0.6) is 0 Å². The van der Waals surface area contributed by atoms with Crippen LogP contribution in [0.3, 0.4) is 0 Å². The van der Waals surface area contributed by atoms with Crippen LogP contribution in [-0.2, 0) is 10.0 Å². The molecule has 1 heterocycles. The number of thioether (sulfide) groups is 1. The van der Waals surface area contributed by atoms with Gasteiger partial charge in [-0.25, -0.2) is 8.42 Å². The molecule has 0 spiro atoms. The minimum absolute atomic E-state index is 0.385. The fraction of sp³-hybridized carbons (Fsp3) is 0.500. The molecule has 0 saturated carbocycles. The molecular formula is C12H18N2O2S2. The Morgan fingerprint density at radius 3 is 2.39 bits per heavy atom. The zero-order valence-corrected chi connectivity index (χ0v) is 12.1. The van der Waals surface area contributed by atoms with Crippen LogP contribution in [-0.4, -0.2) is 43.9 Å². The lowest BCUT2D eigenvalue weighted by atomic mass is 10.3. The van der Waals surface area contributed by atoms with Crippen molar-refractivity contribution in [2.45, 2.75) is 11.8 Å². The summed E-state index contributed by atoms with van der Waals surface area (Å²) in [7, 11) is -3.30. The lowest BCUT2D eigenvalue weighted by molar-refractivity contribution is 0.443. The third-order valence-electron chi connectivity index (χ3n) is 2.84. The van der Waals surface area contributed by atoms with Crippen LogP contribution in [0.15, 0.2) is 29.2 Å². The molecule has 4 nitrogen and oxygen atoms in total. The molecule has 0 aliphatic carbocycles. The third-order valence-corrected chi connectivity index (χ3v) is 5.70. The molecule has 0 bridgehead atoms. The molecule has 0 radical (unpaired) electrons. The van der Waals surface area contributed by atoms with E-state index in [2.05, 4.69) is 5.32 Å². The molecule has 1 aromatic carbocycles. The van der Waals surface area contributed by atoms with E-state index in [0.717, 1.165) is 23.7 Å². The van der Waals surface area contributed by atoms with Crippen molar-refractivity contribution in [3.8, 4) is 0 Å². The van der Waals surface area contributed by atoms with E-state index in [1.165, 1.54) is 0 Å². The van der Waals surface area contributed by atoms with Gasteiger partial charge in [0.1, 0.15) is 0 Å². The van der Waals surface area contributed by atoms with Crippen LogP contribution < -0.4 is 5.32 Å². The third kappa shape index (κ3) is 2.99. The maximum absolute atomic E-state index is 12.4. The predicted molar refractivity (Wildman–Crippen MR) is 76.7 cm³/mol. The molecule has 1 saturated heterocycles. The summed E-state index contributed by atoms with van der Waals surface area (Å²) in [6.07, 6.45) is 0. The van der Waals surface area contributed by atoms with Crippen molar-refractivity contribution in [1.29, 1.82) is 0 Å². The lowest BCUT2D eigenvalue weighted by Crippen LogP contribution is -2.37. The highest BCUT2D eigenvalue weighted by Crippen LogP contribution is 2.21. The Morgan fingerprint density at radius 1 is 1.22 bits per heavy atom. The molecule has 0 unspecified atom stereocenters. The highest BCUT2D eigenvalue weighted by molar-refractivity contribution is 7.99. The van der Waals surface area contributed by atoms with Gasteiger partial charge < -0.3 is 5.32 Å². The molecule has 0 aromatic heterocycles. The average Bonchev–Trinajstić information content (AvgIpc) is 2.41. The van der Waals surface area contributed by atoms with Gasteiger partial charge in [-0.2, -0.15) is 16.1 Å². The van der Waals surface area contributed by atoms with Gasteiger partial charge in [0.25, 0.3) is 0 Å². The molecule has 1 N–H and O–H groups in total. The van der Waals surface area contributed by atoms with Gasteiger partial charge in [0.15, 0.2) is 0 Å². The summed E-state index contributed by atoms with van der Waals surface area (Å²) < 4.78 is 26.3. The van der Waals surface area contributed by atoms with Crippen LogP contribution in [0, 0.1) is 0 Å². The second-order valence-electron chi connectivity index (χ2n) is 4.07. The monoisotopic (exact) mass is 286 g/mol. The number of nitrogens with one attached hydrogen (secondary N) is 1. The quantitative estimate of drug-likeness (QED) is 0.918. The second-order valence-corrected chi connectivity index (χ2v) is 7.23. The molecule has 0 amide bonds. The topological polar surface area (TPSA) is 49.4 Å². The number of rotatable bonds is 4. The standard InChI is InChI=1S/C12H18N2O2S2/c1-2-13-11-3-5-12(6-4-11)18(15,16)14-7-9-17-10-8-14/h3-6,13H,2,7-10H2,1H3. The van der Waals surface area contributed by atoms with Gasteiger partial charge in [0, 0.05) is 36.8 Å². The molecular weight excluding hydrogens is 268 g/mol. The molecule has 1 fully saturated rings. The van der Waals surface area contributed by atoms with Crippen LogP contribution in [0.2, 0.25) is 0 Å². The number of nitrogens with zero attached hydrogens (tertiary/aromatic N) is 1. The summed E-state index contributed by atoms with van der Waals surface area (Å²) in [5.41, 5.74) is 0.950. The van der Waals surface area contributed by atoms with E-state index in [1.54, 1.807) is 28.2 Å². The average molecular weight is 286 g/mol. The van der Waals surface area contributed by atoms with Crippen LogP contribution in [0.25, 0.3) is 0 Å². The fourth-order valence-electron chi connectivity index (χ4n) is 1.88. The normalized spacial score (nSPS) is 17.6. The van der Waals surface area contributed by atoms with Crippen molar-refractivity contribution in [1.82, 2.24) is 4.31 Å². The number of benzene rings is 1. The summed E-state index contributed by atoms with van der Waals surface area (Å²) in [4.78, 5) is 0.385. The van der Waals surface area contributed by atoms with Crippen molar-refractivity contribution in [3.05, 3.63) is 24.3 Å². The molecule has 1 aromatic rings. The summed E-state index contributed by atoms with van der Waals surface area (Å²) in [6, 6.07) is 6.98. The maximum Gasteiger partial charge on any atom is 0.243 e. The van der Waals surface area contributed by atoms with Gasteiger partial charge in [-0.15, -0.1) is 0 Å². The summed E-state index contributed by atoms with van der Waals surface area (Å²) in [6.45, 7) is 4.06. The lowest BCUT2D eigenvalue weighted by Gasteiger charge is -2.25. The number of sulfonamides is 1. The molecule has 100 valence electrons. The molecule has 1 aliphatic rings. The SMILES string of the molecule is CCNc1ccc(S(=O)(=O)N2CCSCC2)cc1. The first-order valence-corrected chi connectivity index (χ1v) is 8.66. The van der Waals surface area contributed by atoms with E-state index in [9.17, 15) is 8.42 Å². The first-order valence-electron chi connectivity index (χ1n) is 6.06. The van der Waals surface area contributed by atoms with Gasteiger partial charge in [0.2, 0.25) is 10.0 Å². The largest absolute Gasteiger partial charge is 0.385 e. The zero-order chi connectivity index (χ0) is 13.0. The minimum atomic E-state index is -3.30. The van der Waals surface area contributed by atoms with Gasteiger partial charge in [0.05, 0.1) is 4.90 Å². The van der Waals surface area contributed by atoms with E-state index in [-0.39, 0.29) is 0 Å². The predicted octanol–water partition coefficient (Wildman–Crippen LogP) is 1.86. The second kappa shape index (κ2) is 5.95. The van der Waals surface area contributed by atoms with Gasteiger partial charge in [-0.05, 0) is 31.2 Å². The van der Waals surface area contributed by atoms with Gasteiger partial charge in [-0.1, -0.05) is 0 Å². The van der Waals surface area contributed by atoms with E-state index in [0.29, 0.717) is 18.0 Å². The first kappa shape index (κ1) is 13.7. The number of anilines is 1. The van der Waals surface area contributed by atoms with Crippen molar-refractivity contribution in [2.75, 3.05) is 36.5 Å². The maximum atomic E-state index is 12.4. The molecule has 6 heteroatoms. The van der Waals surface area contributed by atoms with Gasteiger partial charge >= 0.3 is 0 Å². The van der Waals surface area contributed by atoms with E-state index >= 15 is 0 Å². The highest BCUT2D eigenvalue weighted by atomic mass is 32.2. The Bertz CT molecular complexity index is 479. The highest BCUT2D eigenvalue weighted by Gasteiger charge is 2.25. The van der Waals surface area contributed by atoms with Gasteiger partial charge in [-0.3, -0.25) is 0 Å². The molecule has 18 heavy (non-hydrogen) atoms. The van der Waals surface area contributed by atoms with E-state index < -0.39 is 10.0 Å². The Morgan fingerprint density at radius 2 is 1.83 bits per heavy atom. The Labute approximate surface area is 113 Å². The van der Waals surface area contributed by atoms with Crippen LogP contribution in [0.1, 0.15) is 6.92 Å². The molecule has 2 rings (SSSR count). The zero-order valence-electron chi connectivity index (χ0n) is 10.4. The molecule has 0 atom stereocenters.